The van der Waals surface area contributed by atoms with Gasteiger partial charge in [-0.2, -0.15) is 0 Å². The van der Waals surface area contributed by atoms with Gasteiger partial charge in [-0.15, -0.1) is 0 Å². The van der Waals surface area contributed by atoms with Gasteiger partial charge in [0.2, 0.25) is 0 Å². The third-order valence-electron chi connectivity index (χ3n) is 3.40. The summed E-state index contributed by atoms with van der Waals surface area (Å²) in [7, 11) is -3.87. The molecule has 0 aliphatic heterocycles. The van der Waals surface area contributed by atoms with Crippen molar-refractivity contribution in [3.8, 4) is 0 Å². The lowest BCUT2D eigenvalue weighted by molar-refractivity contribution is 0.600. The van der Waals surface area contributed by atoms with Crippen LogP contribution >= 0.6 is 0 Å². The summed E-state index contributed by atoms with van der Waals surface area (Å²) in [4.78, 5) is 0.0310. The van der Waals surface area contributed by atoms with Crippen molar-refractivity contribution in [2.75, 3.05) is 10.5 Å². The van der Waals surface area contributed by atoms with Crippen molar-refractivity contribution >= 4 is 21.4 Å². The molecule has 0 atom stereocenters. The minimum Gasteiger partial charge on any atom is -0.398 e. The summed E-state index contributed by atoms with van der Waals surface area (Å²) < 4.78 is 40.8. The van der Waals surface area contributed by atoms with Gasteiger partial charge < -0.3 is 5.73 Å². The fourth-order valence-corrected chi connectivity index (χ4v) is 3.51. The van der Waals surface area contributed by atoms with Gasteiger partial charge in [0, 0.05) is 0 Å². The molecular weight excluding hydrogens is 291 g/mol. The van der Waals surface area contributed by atoms with E-state index in [-0.39, 0.29) is 16.3 Å². The number of rotatable bonds is 3. The Balaban J connectivity index is 2.48. The van der Waals surface area contributed by atoms with Crippen molar-refractivity contribution in [1.82, 2.24) is 0 Å². The molecule has 0 heterocycles. The summed E-state index contributed by atoms with van der Waals surface area (Å²) in [5.74, 6) is -0.468. The maximum atomic E-state index is 13.5. The molecule has 4 nitrogen and oxygen atoms in total. The molecule has 3 N–H and O–H groups in total. The lowest BCUT2D eigenvalue weighted by Gasteiger charge is -2.14. The summed E-state index contributed by atoms with van der Waals surface area (Å²) in [5.41, 5.74) is 7.97. The summed E-state index contributed by atoms with van der Waals surface area (Å²) in [6.45, 7) is 5.10. The Labute approximate surface area is 123 Å². The highest BCUT2D eigenvalue weighted by atomic mass is 32.2. The van der Waals surface area contributed by atoms with Crippen LogP contribution in [0, 0.1) is 26.6 Å². The van der Waals surface area contributed by atoms with Crippen LogP contribution in [0.4, 0.5) is 15.8 Å². The number of hydrogen-bond acceptors (Lipinski definition) is 3. The molecule has 21 heavy (non-hydrogen) atoms. The molecule has 0 unspecified atom stereocenters. The molecule has 0 aliphatic rings. The van der Waals surface area contributed by atoms with Gasteiger partial charge in [0.25, 0.3) is 10.0 Å². The third-order valence-corrected chi connectivity index (χ3v) is 4.98. The van der Waals surface area contributed by atoms with Crippen LogP contribution in [0.2, 0.25) is 0 Å². The molecule has 2 aromatic rings. The van der Waals surface area contributed by atoms with Crippen LogP contribution < -0.4 is 10.5 Å². The fraction of sp³-hybridized carbons (Fsp3) is 0.200. The zero-order valence-electron chi connectivity index (χ0n) is 12.1. The summed E-state index contributed by atoms with van der Waals surface area (Å²) >= 11 is 0. The lowest BCUT2D eigenvalue weighted by Crippen LogP contribution is -2.17. The molecule has 0 saturated heterocycles. The highest BCUT2D eigenvalue weighted by Crippen LogP contribution is 2.27. The first-order chi connectivity index (χ1) is 9.72. The van der Waals surface area contributed by atoms with Gasteiger partial charge in [-0.05, 0) is 55.7 Å². The molecule has 112 valence electrons. The Morgan fingerprint density at radius 3 is 2.29 bits per heavy atom. The number of sulfonamides is 1. The Morgan fingerprint density at radius 1 is 1.05 bits per heavy atom. The second-order valence-electron chi connectivity index (χ2n) is 5.00. The largest absolute Gasteiger partial charge is 0.398 e. The van der Waals surface area contributed by atoms with Crippen LogP contribution in [-0.4, -0.2) is 8.42 Å². The van der Waals surface area contributed by atoms with Gasteiger partial charge >= 0.3 is 0 Å². The van der Waals surface area contributed by atoms with Crippen molar-refractivity contribution in [3.05, 3.63) is 52.8 Å². The average Bonchev–Trinajstić information content (AvgIpc) is 2.38. The zero-order chi connectivity index (χ0) is 15.8. The Bertz CT molecular complexity index is 802. The van der Waals surface area contributed by atoms with Crippen LogP contribution in [0.3, 0.4) is 0 Å². The minimum atomic E-state index is -3.87. The summed E-state index contributed by atoms with van der Waals surface area (Å²) in [6, 6.07) is 7.48. The minimum absolute atomic E-state index is 0.0310. The SMILES string of the molecule is Cc1ccc(NS(=O)(=O)c2c(N)ccc(C)c2C)cc1F. The van der Waals surface area contributed by atoms with Crippen LogP contribution in [0.25, 0.3) is 0 Å². The van der Waals surface area contributed by atoms with E-state index in [1.54, 1.807) is 32.9 Å². The number of anilines is 2. The van der Waals surface area contributed by atoms with Gasteiger partial charge in [0.15, 0.2) is 0 Å². The van der Waals surface area contributed by atoms with E-state index in [1.807, 2.05) is 0 Å². The average molecular weight is 308 g/mol. The summed E-state index contributed by atoms with van der Waals surface area (Å²) in [5, 5.41) is 0. The highest BCUT2D eigenvalue weighted by molar-refractivity contribution is 7.93. The van der Waals surface area contributed by atoms with Crippen LogP contribution in [0.1, 0.15) is 16.7 Å². The van der Waals surface area contributed by atoms with Crippen molar-refractivity contribution in [2.45, 2.75) is 25.7 Å². The zero-order valence-corrected chi connectivity index (χ0v) is 12.9. The third kappa shape index (κ3) is 3.00. The Morgan fingerprint density at radius 2 is 1.67 bits per heavy atom. The first kappa shape index (κ1) is 15.3. The fourth-order valence-electron chi connectivity index (χ4n) is 2.03. The number of nitrogen functional groups attached to an aromatic ring is 1. The first-order valence-electron chi connectivity index (χ1n) is 6.37. The number of nitrogens with two attached hydrogens (primary N) is 1. The first-order valence-corrected chi connectivity index (χ1v) is 7.85. The van der Waals surface area contributed by atoms with E-state index in [2.05, 4.69) is 4.72 Å². The second-order valence-corrected chi connectivity index (χ2v) is 6.61. The van der Waals surface area contributed by atoms with Gasteiger partial charge in [-0.3, -0.25) is 4.72 Å². The maximum absolute atomic E-state index is 13.5. The Kier molecular flexibility index (Phi) is 3.91. The standard InChI is InChI=1S/C15H17FN2O2S/c1-9-5-7-14(17)15(11(9)3)21(19,20)18-12-6-4-10(2)13(16)8-12/h4-8,18H,17H2,1-3H3. The maximum Gasteiger partial charge on any atom is 0.264 e. The van der Waals surface area contributed by atoms with Crippen molar-refractivity contribution < 1.29 is 12.8 Å². The molecule has 0 radical (unpaired) electrons. The van der Waals surface area contributed by atoms with Gasteiger partial charge in [-0.25, -0.2) is 12.8 Å². The van der Waals surface area contributed by atoms with Crippen molar-refractivity contribution in [2.24, 2.45) is 0 Å². The van der Waals surface area contributed by atoms with E-state index in [0.29, 0.717) is 11.1 Å². The van der Waals surface area contributed by atoms with E-state index >= 15 is 0 Å². The topological polar surface area (TPSA) is 72.2 Å². The van der Waals surface area contributed by atoms with E-state index in [0.717, 1.165) is 11.6 Å². The van der Waals surface area contributed by atoms with Crippen molar-refractivity contribution in [1.29, 1.82) is 0 Å². The van der Waals surface area contributed by atoms with Crippen LogP contribution in [0.5, 0.6) is 0 Å². The molecule has 0 spiro atoms. The van der Waals surface area contributed by atoms with Crippen molar-refractivity contribution in [3.63, 3.8) is 0 Å². The smallest absolute Gasteiger partial charge is 0.264 e. The molecule has 0 fully saturated rings. The molecule has 0 amide bonds. The predicted molar refractivity (Wildman–Crippen MR) is 82.3 cm³/mol. The molecule has 2 aromatic carbocycles. The predicted octanol–water partition coefficient (Wildman–Crippen LogP) is 3.13. The number of benzene rings is 2. The molecule has 0 aliphatic carbocycles. The Hall–Kier alpha value is -2.08. The van der Waals surface area contributed by atoms with Gasteiger partial charge in [0.05, 0.1) is 11.4 Å². The van der Waals surface area contributed by atoms with E-state index in [4.69, 9.17) is 5.73 Å². The monoisotopic (exact) mass is 308 g/mol. The van der Waals surface area contributed by atoms with Crippen LogP contribution in [-0.2, 0) is 10.0 Å². The molecule has 0 aromatic heterocycles. The summed E-state index contributed by atoms with van der Waals surface area (Å²) in [6.07, 6.45) is 0. The molecule has 0 bridgehead atoms. The van der Waals surface area contributed by atoms with E-state index < -0.39 is 15.8 Å². The normalized spacial score (nSPS) is 11.4. The molecule has 6 heteroatoms. The number of halogens is 1. The molecule has 2 rings (SSSR count). The van der Waals surface area contributed by atoms with E-state index in [1.165, 1.54) is 12.1 Å². The number of hydrogen-bond donors (Lipinski definition) is 2. The van der Waals surface area contributed by atoms with E-state index in [9.17, 15) is 12.8 Å². The second kappa shape index (κ2) is 5.37. The van der Waals surface area contributed by atoms with Gasteiger partial charge in [0.1, 0.15) is 10.7 Å². The lowest BCUT2D eigenvalue weighted by atomic mass is 10.1. The number of aryl methyl sites for hydroxylation is 2. The molecule has 0 saturated carbocycles. The molecular formula is C15H17FN2O2S. The van der Waals surface area contributed by atoms with Crippen LogP contribution in [0.15, 0.2) is 35.2 Å². The number of nitrogens with one attached hydrogen (secondary N) is 1. The highest BCUT2D eigenvalue weighted by Gasteiger charge is 2.21. The van der Waals surface area contributed by atoms with Gasteiger partial charge in [-0.1, -0.05) is 12.1 Å². The quantitative estimate of drug-likeness (QED) is 0.856.